The fourth-order valence-corrected chi connectivity index (χ4v) is 3.35. The molecule has 3 rings (SSSR count). The van der Waals surface area contributed by atoms with Crippen molar-refractivity contribution in [1.82, 2.24) is 10.6 Å². The smallest absolute Gasteiger partial charge is 0.548 e. The fraction of sp³-hybridized carbons (Fsp3) is 0.192. The van der Waals surface area contributed by atoms with Crippen molar-refractivity contribution >= 4 is 17.8 Å². The second-order valence-electron chi connectivity index (χ2n) is 7.51. The van der Waals surface area contributed by atoms with E-state index in [1.807, 2.05) is 30.3 Å². The van der Waals surface area contributed by atoms with Crippen molar-refractivity contribution in [2.45, 2.75) is 24.9 Å². The maximum atomic E-state index is 13.1. The molecule has 3 aromatic rings. The molecule has 0 radical (unpaired) electrons. The molecule has 0 unspecified atom stereocenters. The number of carboxylic acids is 1. The van der Waals surface area contributed by atoms with Crippen LogP contribution in [-0.2, 0) is 22.4 Å². The molecule has 0 saturated heterocycles. The van der Waals surface area contributed by atoms with Gasteiger partial charge in [-0.3, -0.25) is 9.59 Å². The third-order valence-corrected chi connectivity index (χ3v) is 5.14. The second kappa shape index (κ2) is 13.5. The van der Waals surface area contributed by atoms with Gasteiger partial charge in [-0.05, 0) is 41.8 Å². The molecule has 0 spiro atoms. The summed E-state index contributed by atoms with van der Waals surface area (Å²) in [5, 5.41) is 17.0. The predicted octanol–water partition coefficient (Wildman–Crippen LogP) is -1.48. The summed E-state index contributed by atoms with van der Waals surface area (Å²) in [5.74, 6) is -1.80. The zero-order valence-corrected chi connectivity index (χ0v) is 21.2. The van der Waals surface area contributed by atoms with E-state index in [1.165, 1.54) is 7.11 Å². The molecular weight excluding hydrogens is 443 g/mol. The van der Waals surface area contributed by atoms with Crippen molar-refractivity contribution in [2.24, 2.45) is 0 Å². The first-order chi connectivity index (χ1) is 16.0. The Morgan fingerprint density at radius 3 is 1.85 bits per heavy atom. The third-order valence-electron chi connectivity index (χ3n) is 5.14. The largest absolute Gasteiger partial charge is 1.00 e. The van der Waals surface area contributed by atoms with Gasteiger partial charge >= 0.3 is 29.6 Å². The van der Waals surface area contributed by atoms with Crippen LogP contribution in [0, 0.1) is 0 Å². The van der Waals surface area contributed by atoms with Crippen molar-refractivity contribution in [3.63, 3.8) is 0 Å². The average molecular weight is 468 g/mol. The number of methoxy groups -OCH3 is 1. The standard InChI is InChI=1S/C26H26N2O5.Na/c1-33-21-14-12-19(13-15-21)17-23(26(31)32)28-25(30)22(16-18-8-4-2-5-9-18)27-24(29)20-10-6-3-7-11-20;/h2-15,22-23H,16-17H2,1H3,(H,27,29)(H,28,30)(H,31,32);/q;+1/p-1/t22-,23-;/m0./s1. The summed E-state index contributed by atoms with van der Waals surface area (Å²) in [5.41, 5.74) is 1.92. The van der Waals surface area contributed by atoms with Crippen LogP contribution in [0.5, 0.6) is 5.75 Å². The van der Waals surface area contributed by atoms with E-state index in [1.54, 1.807) is 54.6 Å². The number of rotatable bonds is 10. The Bertz CT molecular complexity index is 1080. The predicted molar refractivity (Wildman–Crippen MR) is 121 cm³/mol. The molecule has 0 aliphatic carbocycles. The molecule has 8 heteroatoms. The fourth-order valence-electron chi connectivity index (χ4n) is 3.35. The van der Waals surface area contributed by atoms with Gasteiger partial charge in [-0.2, -0.15) is 0 Å². The van der Waals surface area contributed by atoms with Crippen molar-refractivity contribution in [2.75, 3.05) is 7.11 Å². The number of carbonyl (C=O) groups excluding carboxylic acids is 3. The number of ether oxygens (including phenoxy) is 1. The van der Waals surface area contributed by atoms with Crippen LogP contribution in [0.3, 0.4) is 0 Å². The van der Waals surface area contributed by atoms with Gasteiger partial charge in [0.2, 0.25) is 5.91 Å². The van der Waals surface area contributed by atoms with E-state index in [-0.39, 0.29) is 42.4 Å². The van der Waals surface area contributed by atoms with Crippen LogP contribution in [0.25, 0.3) is 0 Å². The number of aliphatic carboxylic acids is 1. The van der Waals surface area contributed by atoms with Crippen molar-refractivity contribution in [3.05, 3.63) is 102 Å². The van der Waals surface area contributed by atoms with Gasteiger partial charge in [-0.15, -0.1) is 0 Å². The zero-order valence-electron chi connectivity index (χ0n) is 19.2. The first-order valence-corrected chi connectivity index (χ1v) is 10.5. The molecule has 2 atom stereocenters. The summed E-state index contributed by atoms with van der Waals surface area (Å²) < 4.78 is 5.11. The summed E-state index contributed by atoms with van der Waals surface area (Å²) in [6, 6.07) is 22.3. The summed E-state index contributed by atoms with van der Waals surface area (Å²) in [7, 11) is 1.54. The van der Waals surface area contributed by atoms with Crippen LogP contribution >= 0.6 is 0 Å². The molecule has 0 aliphatic rings. The van der Waals surface area contributed by atoms with Crippen LogP contribution < -0.4 is 50.0 Å². The summed E-state index contributed by atoms with van der Waals surface area (Å²) in [4.78, 5) is 37.5. The third kappa shape index (κ3) is 8.02. The number of carbonyl (C=O) groups is 3. The van der Waals surface area contributed by atoms with Crippen LogP contribution in [0.15, 0.2) is 84.9 Å². The SMILES string of the molecule is COc1ccc(C[C@H](NC(=O)[C@H](Cc2ccccc2)NC(=O)c2ccccc2)C(=O)[O-])cc1.[Na+]. The van der Waals surface area contributed by atoms with Crippen LogP contribution in [-0.4, -0.2) is 37.0 Å². The number of benzene rings is 3. The van der Waals surface area contributed by atoms with Gasteiger partial charge in [0.15, 0.2) is 0 Å². The van der Waals surface area contributed by atoms with E-state index >= 15 is 0 Å². The Balaban J connectivity index is 0.00000408. The maximum Gasteiger partial charge on any atom is 1.00 e. The van der Waals surface area contributed by atoms with Gasteiger partial charge in [0.05, 0.1) is 19.1 Å². The Hall–Kier alpha value is -3.13. The minimum atomic E-state index is -1.41. The summed E-state index contributed by atoms with van der Waals surface area (Å²) >= 11 is 0. The number of carboxylic acid groups (broad SMARTS) is 1. The first-order valence-electron chi connectivity index (χ1n) is 10.5. The Morgan fingerprint density at radius 2 is 1.29 bits per heavy atom. The van der Waals surface area contributed by atoms with E-state index in [2.05, 4.69) is 10.6 Å². The molecule has 0 aromatic heterocycles. The van der Waals surface area contributed by atoms with Crippen LogP contribution in [0.2, 0.25) is 0 Å². The van der Waals surface area contributed by atoms with Crippen molar-refractivity contribution in [1.29, 1.82) is 0 Å². The quantitative estimate of drug-likeness (QED) is 0.353. The second-order valence-corrected chi connectivity index (χ2v) is 7.51. The van der Waals surface area contributed by atoms with Crippen molar-refractivity contribution in [3.8, 4) is 5.75 Å². The van der Waals surface area contributed by atoms with Crippen LogP contribution in [0.4, 0.5) is 0 Å². The molecule has 7 nitrogen and oxygen atoms in total. The minimum Gasteiger partial charge on any atom is -0.548 e. The molecule has 0 fully saturated rings. The van der Waals surface area contributed by atoms with E-state index in [0.717, 1.165) is 5.56 Å². The average Bonchev–Trinajstić information content (AvgIpc) is 2.84. The van der Waals surface area contributed by atoms with Gasteiger partial charge in [0.25, 0.3) is 5.91 Å². The maximum absolute atomic E-state index is 13.1. The normalized spacial score (nSPS) is 11.9. The minimum absolute atomic E-state index is 0. The molecule has 3 aromatic carbocycles. The first kappa shape index (κ1) is 27.1. The molecule has 0 heterocycles. The van der Waals surface area contributed by atoms with E-state index in [4.69, 9.17) is 4.74 Å². The Kier molecular flexibility index (Phi) is 10.8. The summed E-state index contributed by atoms with van der Waals surface area (Å²) in [6.45, 7) is 0. The van der Waals surface area contributed by atoms with Gasteiger partial charge in [-0.1, -0.05) is 60.7 Å². The van der Waals surface area contributed by atoms with Crippen LogP contribution in [0.1, 0.15) is 21.5 Å². The molecule has 0 saturated carbocycles. The number of hydrogen-bond donors (Lipinski definition) is 2. The molecule has 0 bridgehead atoms. The van der Waals surface area contributed by atoms with E-state index in [9.17, 15) is 19.5 Å². The number of amides is 2. The van der Waals surface area contributed by atoms with E-state index < -0.39 is 29.9 Å². The van der Waals surface area contributed by atoms with Gasteiger partial charge < -0.3 is 25.3 Å². The van der Waals surface area contributed by atoms with Gasteiger partial charge in [0.1, 0.15) is 11.8 Å². The van der Waals surface area contributed by atoms with E-state index in [0.29, 0.717) is 16.9 Å². The molecular formula is C26H25N2NaO5. The van der Waals surface area contributed by atoms with Crippen molar-refractivity contribution < 1.29 is 53.8 Å². The molecule has 170 valence electrons. The topological polar surface area (TPSA) is 108 Å². The number of nitrogens with one attached hydrogen (secondary N) is 2. The molecule has 34 heavy (non-hydrogen) atoms. The zero-order chi connectivity index (χ0) is 23.6. The molecule has 2 N–H and O–H groups in total. The Labute approximate surface area is 220 Å². The summed E-state index contributed by atoms with van der Waals surface area (Å²) in [6.07, 6.45) is 0.232. The number of hydrogen-bond acceptors (Lipinski definition) is 5. The van der Waals surface area contributed by atoms with Gasteiger partial charge in [-0.25, -0.2) is 0 Å². The molecule has 0 aliphatic heterocycles. The molecule has 2 amide bonds. The monoisotopic (exact) mass is 468 g/mol. The van der Waals surface area contributed by atoms with Gasteiger partial charge in [0, 0.05) is 12.0 Å². The Morgan fingerprint density at radius 1 is 0.765 bits per heavy atom.